The van der Waals surface area contributed by atoms with Gasteiger partial charge in [-0.25, -0.2) is 0 Å². The summed E-state index contributed by atoms with van der Waals surface area (Å²) in [6.45, 7) is 5.69. The molecule has 1 aliphatic heterocycles. The van der Waals surface area contributed by atoms with Crippen molar-refractivity contribution >= 4 is 34.0 Å². The number of Topliss-reactive ketones (excluding diaryl/α,β-unsaturated/α-hetero) is 1. The molecule has 0 aliphatic carbocycles. The van der Waals surface area contributed by atoms with Crippen molar-refractivity contribution in [3.8, 4) is 6.07 Å². The first kappa shape index (κ1) is 18.8. The van der Waals surface area contributed by atoms with Gasteiger partial charge in [0.05, 0.1) is 5.69 Å². The molecule has 0 fully saturated rings. The second-order valence-electron chi connectivity index (χ2n) is 6.06. The van der Waals surface area contributed by atoms with Crippen LogP contribution in [-0.2, 0) is 15.1 Å². The summed E-state index contributed by atoms with van der Waals surface area (Å²) in [6, 6.07) is 18.5. The number of ketones is 1. The predicted octanol–water partition coefficient (Wildman–Crippen LogP) is 5.60. The Morgan fingerprint density at radius 2 is 1.81 bits per heavy atom. The summed E-state index contributed by atoms with van der Waals surface area (Å²) in [5.74, 6) is -0.0703. The Bertz CT molecular complexity index is 1080. The third-order valence-corrected chi connectivity index (χ3v) is 4.69. The molecule has 0 spiro atoms. The maximum atomic E-state index is 12.9. The molecule has 5 heteroatoms. The van der Waals surface area contributed by atoms with Crippen molar-refractivity contribution < 1.29 is 9.53 Å². The van der Waals surface area contributed by atoms with Gasteiger partial charge in [0.2, 0.25) is 5.78 Å². The Morgan fingerprint density at radius 1 is 1.11 bits per heavy atom. The molecule has 4 nitrogen and oxygen atoms in total. The van der Waals surface area contributed by atoms with Gasteiger partial charge in [0.25, 0.3) is 0 Å². The number of benzene rings is 2. The number of rotatable bonds is 2. The van der Waals surface area contributed by atoms with Gasteiger partial charge in [0, 0.05) is 21.5 Å². The molecule has 1 aromatic heterocycles. The van der Waals surface area contributed by atoms with Gasteiger partial charge in [0.15, 0.2) is 11.4 Å². The Morgan fingerprint density at radius 3 is 2.48 bits per heavy atom. The number of H-pyrrole nitrogens is 1. The first-order chi connectivity index (χ1) is 13.0. The SMILES string of the molecule is CC.CC1(c2ccccc2)OC(c2cc3cc(Cl)ccc3[nH]2)=C(C#N)C1=O. The van der Waals surface area contributed by atoms with E-state index in [9.17, 15) is 10.1 Å². The van der Waals surface area contributed by atoms with Crippen molar-refractivity contribution in [1.29, 1.82) is 5.26 Å². The number of hydrogen-bond donors (Lipinski definition) is 1. The quantitative estimate of drug-likeness (QED) is 0.631. The molecule has 136 valence electrons. The third kappa shape index (κ3) is 3.11. The van der Waals surface area contributed by atoms with Crippen molar-refractivity contribution in [2.24, 2.45) is 0 Å². The van der Waals surface area contributed by atoms with Gasteiger partial charge in [-0.1, -0.05) is 55.8 Å². The molecule has 0 radical (unpaired) electrons. The molecule has 2 heterocycles. The van der Waals surface area contributed by atoms with Crippen LogP contribution in [0.2, 0.25) is 5.02 Å². The summed E-state index contributed by atoms with van der Waals surface area (Å²) in [5.41, 5.74) is 0.956. The average Bonchev–Trinajstić information content (AvgIpc) is 3.23. The minimum absolute atomic E-state index is 0.0176. The molecular formula is C22H19ClN2O2. The molecule has 2 aromatic carbocycles. The Balaban J connectivity index is 0.00000102. The molecule has 4 rings (SSSR count). The molecule has 0 saturated heterocycles. The van der Waals surface area contributed by atoms with Gasteiger partial charge in [-0.2, -0.15) is 5.26 Å². The second-order valence-corrected chi connectivity index (χ2v) is 6.50. The summed E-state index contributed by atoms with van der Waals surface area (Å²) < 4.78 is 6.04. The van der Waals surface area contributed by atoms with E-state index in [1.807, 2.05) is 68.4 Å². The number of fused-ring (bicyclic) bond motifs is 1. The van der Waals surface area contributed by atoms with Gasteiger partial charge in [0.1, 0.15) is 11.6 Å². The van der Waals surface area contributed by atoms with Crippen molar-refractivity contribution in [2.45, 2.75) is 26.4 Å². The number of halogens is 1. The number of hydrogen-bond acceptors (Lipinski definition) is 3. The lowest BCUT2D eigenvalue weighted by molar-refractivity contribution is -0.128. The lowest BCUT2D eigenvalue weighted by atomic mass is 9.89. The average molecular weight is 379 g/mol. The van der Waals surface area contributed by atoms with Crippen LogP contribution in [0.4, 0.5) is 0 Å². The topological polar surface area (TPSA) is 65.9 Å². The molecule has 1 atom stereocenters. The number of aromatic amines is 1. The summed E-state index contributed by atoms with van der Waals surface area (Å²) in [5, 5.41) is 11.0. The number of carbonyl (C=O) groups is 1. The lowest BCUT2D eigenvalue weighted by Gasteiger charge is -2.23. The van der Waals surface area contributed by atoms with Crippen LogP contribution < -0.4 is 0 Å². The minimum Gasteiger partial charge on any atom is -0.471 e. The normalized spacial score (nSPS) is 18.7. The first-order valence-corrected chi connectivity index (χ1v) is 9.13. The monoisotopic (exact) mass is 378 g/mol. The highest BCUT2D eigenvalue weighted by molar-refractivity contribution is 6.31. The van der Waals surface area contributed by atoms with E-state index >= 15 is 0 Å². The molecule has 1 aliphatic rings. The van der Waals surface area contributed by atoms with Gasteiger partial charge in [-0.3, -0.25) is 4.79 Å². The van der Waals surface area contributed by atoms with Crippen LogP contribution in [0.15, 0.2) is 60.2 Å². The Hall–Kier alpha value is -3.03. The zero-order valence-corrected chi connectivity index (χ0v) is 16.1. The van der Waals surface area contributed by atoms with E-state index in [0.717, 1.165) is 10.9 Å². The lowest BCUT2D eigenvalue weighted by Crippen LogP contribution is -2.30. The van der Waals surface area contributed by atoms with Crippen LogP contribution in [-0.4, -0.2) is 10.8 Å². The van der Waals surface area contributed by atoms with E-state index in [1.54, 1.807) is 13.0 Å². The van der Waals surface area contributed by atoms with E-state index in [-0.39, 0.29) is 17.1 Å². The smallest absolute Gasteiger partial charge is 0.225 e. The number of carbonyl (C=O) groups excluding carboxylic acids is 1. The zero-order chi connectivity index (χ0) is 19.6. The summed E-state index contributed by atoms with van der Waals surface area (Å²) >= 11 is 6.03. The summed E-state index contributed by atoms with van der Waals surface area (Å²) in [7, 11) is 0. The highest BCUT2D eigenvalue weighted by atomic mass is 35.5. The van der Waals surface area contributed by atoms with E-state index in [0.29, 0.717) is 16.3 Å². The van der Waals surface area contributed by atoms with Crippen LogP contribution in [0, 0.1) is 11.3 Å². The summed E-state index contributed by atoms with van der Waals surface area (Å²) in [6.07, 6.45) is 0. The highest BCUT2D eigenvalue weighted by Gasteiger charge is 2.48. The number of ether oxygens (including phenoxy) is 1. The maximum absolute atomic E-state index is 12.9. The molecule has 27 heavy (non-hydrogen) atoms. The third-order valence-electron chi connectivity index (χ3n) is 4.46. The van der Waals surface area contributed by atoms with Crippen molar-refractivity contribution in [3.63, 3.8) is 0 Å². The Labute approximate surface area is 163 Å². The molecule has 0 saturated carbocycles. The largest absolute Gasteiger partial charge is 0.471 e. The maximum Gasteiger partial charge on any atom is 0.225 e. The molecular weight excluding hydrogens is 360 g/mol. The fourth-order valence-electron chi connectivity index (χ4n) is 3.11. The Kier molecular flexibility index (Phi) is 5.07. The van der Waals surface area contributed by atoms with E-state index in [1.165, 1.54) is 0 Å². The van der Waals surface area contributed by atoms with Gasteiger partial charge in [-0.05, 0) is 31.2 Å². The number of nitrogens with one attached hydrogen (secondary N) is 1. The second kappa shape index (κ2) is 7.30. The van der Waals surface area contributed by atoms with Crippen molar-refractivity contribution in [2.75, 3.05) is 0 Å². The van der Waals surface area contributed by atoms with E-state index in [2.05, 4.69) is 4.98 Å². The van der Waals surface area contributed by atoms with Crippen LogP contribution in [0.1, 0.15) is 32.0 Å². The van der Waals surface area contributed by atoms with Gasteiger partial charge >= 0.3 is 0 Å². The van der Waals surface area contributed by atoms with E-state index in [4.69, 9.17) is 16.3 Å². The van der Waals surface area contributed by atoms with Crippen LogP contribution >= 0.6 is 11.6 Å². The fraction of sp³-hybridized carbons (Fsp3) is 0.182. The van der Waals surface area contributed by atoms with Gasteiger partial charge in [-0.15, -0.1) is 0 Å². The minimum atomic E-state index is -1.21. The first-order valence-electron chi connectivity index (χ1n) is 8.75. The number of nitriles is 1. The van der Waals surface area contributed by atoms with Crippen molar-refractivity contribution in [1.82, 2.24) is 4.98 Å². The molecule has 3 aromatic rings. The van der Waals surface area contributed by atoms with Crippen LogP contribution in [0.25, 0.3) is 16.7 Å². The zero-order valence-electron chi connectivity index (χ0n) is 15.3. The molecule has 1 N–H and O–H groups in total. The molecule has 1 unspecified atom stereocenters. The molecule has 0 amide bonds. The fourth-order valence-corrected chi connectivity index (χ4v) is 3.29. The predicted molar refractivity (Wildman–Crippen MR) is 107 cm³/mol. The highest BCUT2D eigenvalue weighted by Crippen LogP contribution is 2.42. The van der Waals surface area contributed by atoms with Gasteiger partial charge < -0.3 is 9.72 Å². The van der Waals surface area contributed by atoms with Crippen LogP contribution in [0.5, 0.6) is 0 Å². The number of nitrogens with zero attached hydrogens (tertiary/aromatic N) is 1. The number of aromatic nitrogens is 1. The molecule has 0 bridgehead atoms. The van der Waals surface area contributed by atoms with Crippen LogP contribution in [0.3, 0.4) is 0 Å². The van der Waals surface area contributed by atoms with Crippen molar-refractivity contribution in [3.05, 3.63) is 76.5 Å². The summed E-state index contributed by atoms with van der Waals surface area (Å²) in [4.78, 5) is 16.1. The standard InChI is InChI=1S/C20H13ClN2O2.C2H6/c1-20(13-5-3-2-4-6-13)19(24)15(11-22)18(25-20)17-10-12-9-14(21)7-8-16(12)23-17;1-2/h2-10,23H,1H3;1-2H3. The van der Waals surface area contributed by atoms with E-state index < -0.39 is 5.60 Å².